The van der Waals surface area contributed by atoms with E-state index in [1.165, 1.54) is 52.9 Å². The fraction of sp³-hybridized carbons (Fsp3) is 0.137. The number of carbonyl (C=O) groups excluding carboxylic acids is 4. The highest BCUT2D eigenvalue weighted by Gasteiger charge is 2.34. The molecule has 4 amide bonds. The van der Waals surface area contributed by atoms with E-state index in [1.54, 1.807) is 14.1 Å². The Bertz CT molecular complexity index is 3180. The molecule has 13 rings (SSSR count). The molecule has 6 nitrogen and oxygen atoms in total. The van der Waals surface area contributed by atoms with Gasteiger partial charge in [-0.15, -0.1) is 0 Å². The van der Waals surface area contributed by atoms with Gasteiger partial charge in [0.15, 0.2) is 0 Å². The molecule has 0 spiro atoms. The second kappa shape index (κ2) is 11.6. The Morgan fingerprint density at radius 2 is 0.404 bits per heavy atom. The molecule has 0 saturated carbocycles. The number of hydrogen-bond acceptors (Lipinski definition) is 4. The summed E-state index contributed by atoms with van der Waals surface area (Å²) in [5.41, 5.74) is 2.25. The van der Waals surface area contributed by atoms with E-state index in [0.717, 1.165) is 64.6 Å². The van der Waals surface area contributed by atoms with Crippen LogP contribution in [0.25, 0.3) is 108 Å². The number of imide groups is 2. The van der Waals surface area contributed by atoms with Gasteiger partial charge in [0.05, 0.1) is 0 Å². The molecule has 0 radical (unpaired) electrons. The summed E-state index contributed by atoms with van der Waals surface area (Å²) in [6, 6.07) is 33.5. The van der Waals surface area contributed by atoms with Crippen molar-refractivity contribution in [3.63, 3.8) is 0 Å². The first-order valence-electron chi connectivity index (χ1n) is 19.4. The molecule has 2 heterocycles. The summed E-state index contributed by atoms with van der Waals surface area (Å²) in [7, 11) is 3.09. The molecule has 0 aliphatic carbocycles. The molecule has 0 aromatic heterocycles. The Morgan fingerprint density at radius 1 is 0.263 bits per heavy atom. The summed E-state index contributed by atoms with van der Waals surface area (Å²) >= 11 is 0. The topological polar surface area (TPSA) is 74.8 Å². The van der Waals surface area contributed by atoms with Crippen LogP contribution in [0, 0.1) is 0 Å². The molecule has 0 N–H and O–H groups in total. The predicted octanol–water partition coefficient (Wildman–Crippen LogP) is 12.7. The van der Waals surface area contributed by atoms with Crippen molar-refractivity contribution in [1.29, 1.82) is 0 Å². The van der Waals surface area contributed by atoms with Crippen molar-refractivity contribution < 1.29 is 19.2 Å². The lowest BCUT2D eigenvalue weighted by atomic mass is 9.80. The van der Waals surface area contributed by atoms with E-state index in [4.69, 9.17) is 0 Å². The maximum absolute atomic E-state index is 13.3. The van der Waals surface area contributed by atoms with Crippen molar-refractivity contribution in [2.45, 2.75) is 35.1 Å². The van der Waals surface area contributed by atoms with Gasteiger partial charge in [-0.1, -0.05) is 108 Å². The van der Waals surface area contributed by atoms with Crippen LogP contribution in [0.2, 0.25) is 0 Å². The highest BCUT2D eigenvalue weighted by atomic mass is 16.2. The standard InChI is InChI=1S/C46H22N2O4.2C2H6.CH4/c1-47-43(49)31-15-11-27-23-7-3-19-21-5-9-25-29-13-17-33-42-34(46(52)48(2)45(33)51)18-14-30(40(29)42)26-10-6-22(36(21)38(25)26)20-4-8-24(37(23)35(19)20)28-12-16-32(44(47)50)41(31)39(27)28;2*1-2;/h3-18H,1-2H3;2*1-2H3;1H4. The summed E-state index contributed by atoms with van der Waals surface area (Å²) in [6.07, 6.45) is 0. The van der Waals surface area contributed by atoms with Crippen molar-refractivity contribution in [2.75, 3.05) is 14.1 Å². The first-order valence-corrected chi connectivity index (χ1v) is 19.4. The van der Waals surface area contributed by atoms with Crippen molar-refractivity contribution in [2.24, 2.45) is 0 Å². The van der Waals surface area contributed by atoms with Gasteiger partial charge in [0.1, 0.15) is 0 Å². The van der Waals surface area contributed by atoms with Crippen molar-refractivity contribution >= 4 is 131 Å². The lowest BCUT2D eigenvalue weighted by molar-refractivity contribution is 0.0635. The molecule has 0 unspecified atom stereocenters. The third kappa shape index (κ3) is 3.81. The minimum Gasteiger partial charge on any atom is -0.277 e. The van der Waals surface area contributed by atoms with E-state index in [-0.39, 0.29) is 31.1 Å². The minimum atomic E-state index is -0.272. The number of benzene rings is 11. The van der Waals surface area contributed by atoms with Gasteiger partial charge in [-0.05, 0) is 121 Å². The van der Waals surface area contributed by atoms with Crippen LogP contribution in [0.3, 0.4) is 0 Å². The summed E-state index contributed by atoms with van der Waals surface area (Å²) in [5, 5.41) is 21.4. The molecule has 0 fully saturated rings. The normalized spacial score (nSPS) is 14.1. The van der Waals surface area contributed by atoms with Gasteiger partial charge in [0.25, 0.3) is 23.6 Å². The van der Waals surface area contributed by atoms with E-state index >= 15 is 0 Å². The van der Waals surface area contributed by atoms with E-state index in [0.29, 0.717) is 22.3 Å². The highest BCUT2D eigenvalue weighted by molar-refractivity contribution is 6.47. The number of nitrogens with zero attached hydrogens (tertiary/aromatic N) is 2. The van der Waals surface area contributed by atoms with Gasteiger partial charge in [0, 0.05) is 47.1 Å². The molecule has 11 aromatic rings. The third-order valence-corrected chi connectivity index (χ3v) is 12.5. The zero-order valence-corrected chi connectivity index (χ0v) is 31.8. The maximum atomic E-state index is 13.3. The summed E-state index contributed by atoms with van der Waals surface area (Å²) < 4.78 is 0. The molecule has 0 atom stereocenters. The Labute approximate surface area is 327 Å². The molecule has 0 saturated heterocycles. The van der Waals surface area contributed by atoms with Gasteiger partial charge < -0.3 is 0 Å². The Hall–Kier alpha value is -6.92. The molecule has 0 bridgehead atoms. The van der Waals surface area contributed by atoms with Crippen LogP contribution < -0.4 is 0 Å². The van der Waals surface area contributed by atoms with Crippen LogP contribution >= 0.6 is 0 Å². The number of amides is 4. The quantitative estimate of drug-likeness (QED) is 0.0881. The van der Waals surface area contributed by atoms with E-state index in [2.05, 4.69) is 72.8 Å². The second-order valence-corrected chi connectivity index (χ2v) is 14.6. The maximum Gasteiger partial charge on any atom is 0.261 e. The fourth-order valence-electron chi connectivity index (χ4n) is 10.3. The largest absolute Gasteiger partial charge is 0.277 e. The van der Waals surface area contributed by atoms with Crippen molar-refractivity contribution in [3.8, 4) is 0 Å². The summed E-state index contributed by atoms with van der Waals surface area (Å²) in [6.45, 7) is 8.00. The lowest BCUT2D eigenvalue weighted by Gasteiger charge is -2.26. The van der Waals surface area contributed by atoms with Gasteiger partial charge in [-0.3, -0.25) is 29.0 Å². The molecule has 2 aliphatic rings. The summed E-state index contributed by atoms with van der Waals surface area (Å²) in [5.74, 6) is -1.09. The van der Waals surface area contributed by atoms with E-state index in [9.17, 15) is 19.2 Å². The molecule has 276 valence electrons. The van der Waals surface area contributed by atoms with E-state index in [1.807, 2.05) is 52.0 Å². The fourth-order valence-corrected chi connectivity index (χ4v) is 10.3. The zero-order chi connectivity index (χ0) is 38.6. The van der Waals surface area contributed by atoms with E-state index < -0.39 is 0 Å². The molecule has 6 heteroatoms. The average molecular weight is 743 g/mol. The number of rotatable bonds is 0. The van der Waals surface area contributed by atoms with Crippen molar-refractivity contribution in [3.05, 3.63) is 119 Å². The average Bonchev–Trinajstić information content (AvgIpc) is 3.25. The first-order chi connectivity index (χ1) is 27.3. The highest BCUT2D eigenvalue weighted by Crippen LogP contribution is 2.51. The number of fused-ring (bicyclic) bond motifs is 6. The van der Waals surface area contributed by atoms with Gasteiger partial charge in [-0.2, -0.15) is 0 Å². The predicted molar refractivity (Wildman–Crippen MR) is 237 cm³/mol. The molecule has 57 heavy (non-hydrogen) atoms. The monoisotopic (exact) mass is 742 g/mol. The third-order valence-electron chi connectivity index (χ3n) is 12.5. The summed E-state index contributed by atoms with van der Waals surface area (Å²) in [4.78, 5) is 55.5. The molecule has 2 aliphatic heterocycles. The zero-order valence-electron chi connectivity index (χ0n) is 31.8. The lowest BCUT2D eigenvalue weighted by Crippen LogP contribution is -2.36. The van der Waals surface area contributed by atoms with Crippen LogP contribution in [0.5, 0.6) is 0 Å². The Morgan fingerprint density at radius 3 is 0.579 bits per heavy atom. The Kier molecular flexibility index (Phi) is 7.01. The van der Waals surface area contributed by atoms with Crippen LogP contribution in [0.15, 0.2) is 97.1 Å². The van der Waals surface area contributed by atoms with Crippen LogP contribution in [-0.2, 0) is 0 Å². The van der Waals surface area contributed by atoms with Crippen LogP contribution in [-0.4, -0.2) is 47.5 Å². The molecule has 11 aromatic carbocycles. The second-order valence-electron chi connectivity index (χ2n) is 14.6. The molecular weight excluding hydrogens is 705 g/mol. The smallest absolute Gasteiger partial charge is 0.261 e. The van der Waals surface area contributed by atoms with Crippen LogP contribution in [0.1, 0.15) is 76.6 Å². The molecular formula is C51H38N2O4. The van der Waals surface area contributed by atoms with Gasteiger partial charge in [0.2, 0.25) is 0 Å². The number of hydrogen-bond donors (Lipinski definition) is 0. The SMILES string of the molecule is C.CC.CC.CN1C(=O)c2ccc3c4ccc5c6ccc7c8ccc9c%10c(ccc(c%11ccc(c%12ccc(c%13ccc(c2c3%13)C1=O)c4c5%12)c6c7%11)c%108)C(=O)N(C)C9=O. The first kappa shape index (κ1) is 34.6. The number of carbonyl (C=O) groups is 4. The van der Waals surface area contributed by atoms with Crippen LogP contribution in [0.4, 0.5) is 0 Å². The van der Waals surface area contributed by atoms with Crippen molar-refractivity contribution in [1.82, 2.24) is 9.80 Å². The minimum absolute atomic E-state index is 0. The Balaban J connectivity index is 0.000000770. The van der Waals surface area contributed by atoms with Gasteiger partial charge >= 0.3 is 0 Å². The van der Waals surface area contributed by atoms with Gasteiger partial charge in [-0.25, -0.2) is 0 Å².